The lowest BCUT2D eigenvalue weighted by Gasteiger charge is -2.05. The van der Waals surface area contributed by atoms with Crippen LogP contribution in [0.1, 0.15) is 58.3 Å². The fraction of sp³-hybridized carbons (Fsp3) is 0.846. The van der Waals surface area contributed by atoms with Gasteiger partial charge in [-0.1, -0.05) is 32.6 Å². The molecule has 0 spiro atoms. The van der Waals surface area contributed by atoms with Gasteiger partial charge in [-0.15, -0.1) is 0 Å². The summed E-state index contributed by atoms with van der Waals surface area (Å²) in [5, 5.41) is 0. The van der Waals surface area contributed by atoms with E-state index in [0.29, 0.717) is 18.2 Å². The molecule has 0 bridgehead atoms. The standard InChI is InChI=1S/C11H20O.C2H4O2/c1-2-3-4-5-7-10-8-6-9-11(10)12;1-4-2-3/h10H,2-9H2,1H3;2H,1H3. The highest BCUT2D eigenvalue weighted by Gasteiger charge is 2.23. The minimum Gasteiger partial charge on any atom is -0.471 e. The molecule has 0 aliphatic heterocycles. The Kier molecular flexibility index (Phi) is 10.1. The van der Waals surface area contributed by atoms with Crippen LogP contribution in [0.5, 0.6) is 0 Å². The number of hydrogen-bond acceptors (Lipinski definition) is 3. The first-order valence-corrected chi connectivity index (χ1v) is 6.25. The SMILES string of the molecule is CCCCCCC1CCCC1=O.COC=O. The van der Waals surface area contributed by atoms with Crippen molar-refractivity contribution in [3.8, 4) is 0 Å². The van der Waals surface area contributed by atoms with Crippen molar-refractivity contribution in [3.63, 3.8) is 0 Å². The van der Waals surface area contributed by atoms with Gasteiger partial charge >= 0.3 is 0 Å². The van der Waals surface area contributed by atoms with Gasteiger partial charge in [0.1, 0.15) is 5.78 Å². The Hall–Kier alpha value is -0.860. The van der Waals surface area contributed by atoms with Gasteiger partial charge in [0.15, 0.2) is 0 Å². The predicted molar refractivity (Wildman–Crippen MR) is 64.2 cm³/mol. The highest BCUT2D eigenvalue weighted by Crippen LogP contribution is 2.26. The Labute approximate surface area is 98.6 Å². The summed E-state index contributed by atoms with van der Waals surface area (Å²) in [6.45, 7) is 2.60. The van der Waals surface area contributed by atoms with Crippen LogP contribution in [0.4, 0.5) is 0 Å². The molecule has 1 aliphatic rings. The van der Waals surface area contributed by atoms with Crippen LogP contribution in [-0.2, 0) is 14.3 Å². The van der Waals surface area contributed by atoms with Gasteiger partial charge in [-0.25, -0.2) is 0 Å². The lowest BCUT2D eigenvalue weighted by Crippen LogP contribution is -2.05. The van der Waals surface area contributed by atoms with Crippen molar-refractivity contribution < 1.29 is 14.3 Å². The van der Waals surface area contributed by atoms with Crippen LogP contribution in [0, 0.1) is 5.92 Å². The van der Waals surface area contributed by atoms with Gasteiger partial charge in [0, 0.05) is 12.3 Å². The van der Waals surface area contributed by atoms with Crippen molar-refractivity contribution in [2.75, 3.05) is 7.11 Å². The van der Waals surface area contributed by atoms with E-state index in [1.807, 2.05) is 0 Å². The number of methoxy groups -OCH3 is 1. The largest absolute Gasteiger partial charge is 0.471 e. The molecule has 0 amide bonds. The smallest absolute Gasteiger partial charge is 0.292 e. The minimum atomic E-state index is 0.375. The van der Waals surface area contributed by atoms with E-state index >= 15 is 0 Å². The zero-order chi connectivity index (χ0) is 12.2. The maximum Gasteiger partial charge on any atom is 0.292 e. The normalized spacial score (nSPS) is 18.9. The van der Waals surface area contributed by atoms with Crippen LogP contribution in [-0.4, -0.2) is 19.4 Å². The first-order chi connectivity index (χ1) is 7.76. The molecule has 16 heavy (non-hydrogen) atoms. The third-order valence-corrected chi connectivity index (χ3v) is 2.93. The van der Waals surface area contributed by atoms with Crippen molar-refractivity contribution in [1.82, 2.24) is 0 Å². The number of carbonyl (C=O) groups excluding carboxylic acids is 2. The van der Waals surface area contributed by atoms with Gasteiger partial charge in [0.25, 0.3) is 6.47 Å². The van der Waals surface area contributed by atoms with Gasteiger partial charge in [-0.05, 0) is 19.3 Å². The lowest BCUT2D eigenvalue weighted by atomic mass is 9.99. The van der Waals surface area contributed by atoms with Crippen molar-refractivity contribution in [1.29, 1.82) is 0 Å². The fourth-order valence-electron chi connectivity index (χ4n) is 2.01. The van der Waals surface area contributed by atoms with E-state index in [1.165, 1.54) is 45.6 Å². The number of Topliss-reactive ketones (excluding diaryl/α,β-unsaturated/α-hetero) is 1. The molecule has 0 heterocycles. The van der Waals surface area contributed by atoms with E-state index in [4.69, 9.17) is 4.79 Å². The summed E-state index contributed by atoms with van der Waals surface area (Å²) in [5.41, 5.74) is 0. The molecule has 3 nitrogen and oxygen atoms in total. The molecule has 3 heteroatoms. The monoisotopic (exact) mass is 228 g/mol. The summed E-state index contributed by atoms with van der Waals surface area (Å²) >= 11 is 0. The van der Waals surface area contributed by atoms with Crippen LogP contribution in [0.3, 0.4) is 0 Å². The molecule has 1 saturated carbocycles. The second kappa shape index (κ2) is 10.7. The van der Waals surface area contributed by atoms with E-state index in [0.717, 1.165) is 12.8 Å². The first kappa shape index (κ1) is 15.1. The van der Waals surface area contributed by atoms with Crippen molar-refractivity contribution in [2.45, 2.75) is 58.3 Å². The third kappa shape index (κ3) is 7.43. The second-order valence-electron chi connectivity index (χ2n) is 4.24. The number of ketones is 1. The molecule has 0 saturated heterocycles. The molecule has 0 aromatic rings. The first-order valence-electron chi connectivity index (χ1n) is 6.25. The van der Waals surface area contributed by atoms with E-state index in [2.05, 4.69) is 11.7 Å². The number of ether oxygens (including phenoxy) is 1. The number of unbranched alkanes of at least 4 members (excludes halogenated alkanes) is 3. The Balaban J connectivity index is 0.000000487. The molecule has 0 aromatic heterocycles. The van der Waals surface area contributed by atoms with E-state index < -0.39 is 0 Å². The number of carbonyl (C=O) groups is 2. The molecule has 1 rings (SSSR count). The minimum absolute atomic E-state index is 0.375. The van der Waals surface area contributed by atoms with E-state index in [9.17, 15) is 4.79 Å². The average molecular weight is 228 g/mol. The predicted octanol–water partition coefficient (Wildman–Crippen LogP) is 3.12. The maximum atomic E-state index is 11.2. The molecule has 94 valence electrons. The highest BCUT2D eigenvalue weighted by atomic mass is 16.5. The number of rotatable bonds is 6. The van der Waals surface area contributed by atoms with Gasteiger partial charge < -0.3 is 4.74 Å². The Bertz CT molecular complexity index is 190. The molecule has 0 N–H and O–H groups in total. The topological polar surface area (TPSA) is 43.4 Å². The zero-order valence-electron chi connectivity index (χ0n) is 10.5. The summed E-state index contributed by atoms with van der Waals surface area (Å²) < 4.78 is 3.86. The number of hydrogen-bond donors (Lipinski definition) is 0. The summed E-state index contributed by atoms with van der Waals surface area (Å²) in [6, 6.07) is 0. The molecule has 1 atom stereocenters. The van der Waals surface area contributed by atoms with E-state index in [1.54, 1.807) is 0 Å². The Morgan fingerprint density at radius 3 is 2.50 bits per heavy atom. The molecule has 1 fully saturated rings. The highest BCUT2D eigenvalue weighted by molar-refractivity contribution is 5.82. The van der Waals surface area contributed by atoms with Crippen molar-refractivity contribution >= 4 is 12.3 Å². The van der Waals surface area contributed by atoms with Crippen LogP contribution < -0.4 is 0 Å². The maximum absolute atomic E-state index is 11.2. The lowest BCUT2D eigenvalue weighted by molar-refractivity contribution is -0.126. The Morgan fingerprint density at radius 2 is 2.06 bits per heavy atom. The van der Waals surface area contributed by atoms with Crippen LogP contribution in [0.2, 0.25) is 0 Å². The molecular weight excluding hydrogens is 204 g/mol. The summed E-state index contributed by atoms with van der Waals surface area (Å²) in [7, 11) is 1.31. The molecule has 0 radical (unpaired) electrons. The van der Waals surface area contributed by atoms with Gasteiger partial charge in [0.05, 0.1) is 7.11 Å². The molecule has 1 aliphatic carbocycles. The van der Waals surface area contributed by atoms with Crippen LogP contribution in [0.15, 0.2) is 0 Å². The van der Waals surface area contributed by atoms with E-state index in [-0.39, 0.29) is 0 Å². The fourth-order valence-corrected chi connectivity index (χ4v) is 2.01. The van der Waals surface area contributed by atoms with Crippen LogP contribution >= 0.6 is 0 Å². The van der Waals surface area contributed by atoms with Gasteiger partial charge in [-0.3, -0.25) is 9.59 Å². The van der Waals surface area contributed by atoms with Gasteiger partial charge in [0.2, 0.25) is 0 Å². The quantitative estimate of drug-likeness (QED) is 0.518. The summed E-state index contributed by atoms with van der Waals surface area (Å²) in [4.78, 5) is 20.2. The van der Waals surface area contributed by atoms with Crippen molar-refractivity contribution in [3.05, 3.63) is 0 Å². The van der Waals surface area contributed by atoms with Crippen LogP contribution in [0.25, 0.3) is 0 Å². The second-order valence-corrected chi connectivity index (χ2v) is 4.24. The Morgan fingerprint density at radius 1 is 1.38 bits per heavy atom. The van der Waals surface area contributed by atoms with Crippen molar-refractivity contribution in [2.24, 2.45) is 5.92 Å². The third-order valence-electron chi connectivity index (χ3n) is 2.93. The van der Waals surface area contributed by atoms with Gasteiger partial charge in [-0.2, -0.15) is 0 Å². The summed E-state index contributed by atoms with van der Waals surface area (Å²) in [6.07, 6.45) is 9.56. The molecule has 1 unspecified atom stereocenters. The molecule has 0 aromatic carbocycles. The average Bonchev–Trinajstić information content (AvgIpc) is 2.71. The summed E-state index contributed by atoms with van der Waals surface area (Å²) in [5.74, 6) is 0.980. The molecular formula is C13H24O3. The zero-order valence-corrected chi connectivity index (χ0v) is 10.5.